The molecule has 0 bridgehead atoms. The Balaban J connectivity index is 1.40. The normalized spacial score (nSPS) is 11.5. The van der Waals surface area contributed by atoms with Crippen molar-refractivity contribution in [3.05, 3.63) is 66.8 Å². The molecule has 0 saturated heterocycles. The van der Waals surface area contributed by atoms with Crippen molar-refractivity contribution >= 4 is 0 Å². The van der Waals surface area contributed by atoms with Crippen LogP contribution in [0.15, 0.2) is 48.5 Å². The van der Waals surface area contributed by atoms with Gasteiger partial charge < -0.3 is 0 Å². The monoisotopic (exact) mass is 758 g/mol. The predicted molar refractivity (Wildman–Crippen MR) is 208 cm³/mol. The maximum atomic E-state index is 2.41. The maximum absolute atomic E-state index is 2.41. The molecule has 0 unspecified atom stereocenters. The standard InChI is InChI=1S/C46H78I/c1-3-5-7-9-11-13-15-17-19-21-23-25-27-29-31-33-43-35-39-45(40-36-43)47-46-41-37-44(38-42-46)34-32-30-28-26-24-22-20-18-16-14-12-10-8-6-4-2/h35-42H,3-34H2,1-2H3/q-1. The average Bonchev–Trinajstić information content (AvgIpc) is 3.09. The molecule has 270 valence electrons. The third kappa shape index (κ3) is 25.8. The Morgan fingerprint density at radius 3 is 0.723 bits per heavy atom. The Bertz CT molecular complexity index is 822. The van der Waals surface area contributed by atoms with Crippen molar-refractivity contribution in [2.75, 3.05) is 0 Å². The van der Waals surface area contributed by atoms with Crippen molar-refractivity contribution in [1.29, 1.82) is 0 Å². The Labute approximate surface area is 305 Å². The molecule has 47 heavy (non-hydrogen) atoms. The molecule has 2 rings (SSSR count). The molecule has 0 fully saturated rings. The second kappa shape index (κ2) is 32.4. The molecule has 0 spiro atoms. The van der Waals surface area contributed by atoms with E-state index in [0.717, 1.165) is 0 Å². The van der Waals surface area contributed by atoms with Gasteiger partial charge in [0.1, 0.15) is 0 Å². The molecule has 0 atom stereocenters. The van der Waals surface area contributed by atoms with Crippen molar-refractivity contribution in [3.8, 4) is 0 Å². The summed E-state index contributed by atoms with van der Waals surface area (Å²) in [6.45, 7) is 4.61. The van der Waals surface area contributed by atoms with E-state index < -0.39 is 0 Å². The van der Waals surface area contributed by atoms with Crippen molar-refractivity contribution in [1.82, 2.24) is 0 Å². The fraction of sp³-hybridized carbons (Fsp3) is 0.739. The Hall–Kier alpha value is -0.830. The third-order valence-electron chi connectivity index (χ3n) is 10.2. The van der Waals surface area contributed by atoms with Crippen LogP contribution in [0.1, 0.15) is 218 Å². The van der Waals surface area contributed by atoms with Crippen LogP contribution < -0.4 is 21.2 Å². The van der Waals surface area contributed by atoms with Gasteiger partial charge in [-0.2, -0.15) is 0 Å². The second-order valence-corrected chi connectivity index (χ2v) is 17.8. The second-order valence-electron chi connectivity index (χ2n) is 14.7. The first kappa shape index (κ1) is 42.3. The van der Waals surface area contributed by atoms with E-state index >= 15 is 0 Å². The molecular weight excluding hydrogens is 679 g/mol. The molecule has 2 aromatic carbocycles. The van der Waals surface area contributed by atoms with Gasteiger partial charge in [-0.15, -0.1) is 0 Å². The topological polar surface area (TPSA) is 0 Å². The van der Waals surface area contributed by atoms with E-state index in [1.807, 2.05) is 0 Å². The van der Waals surface area contributed by atoms with Crippen molar-refractivity contribution < 1.29 is 21.2 Å². The van der Waals surface area contributed by atoms with Gasteiger partial charge in [-0.05, 0) is 0 Å². The molecule has 0 saturated carbocycles. The molecule has 0 aliphatic carbocycles. The van der Waals surface area contributed by atoms with Gasteiger partial charge in [0.2, 0.25) is 0 Å². The first-order chi connectivity index (χ1) is 23.3. The molecule has 0 radical (unpaired) electrons. The average molecular weight is 758 g/mol. The Kier molecular flexibility index (Phi) is 29.2. The summed E-state index contributed by atoms with van der Waals surface area (Å²) < 4.78 is 3.11. The van der Waals surface area contributed by atoms with E-state index in [4.69, 9.17) is 0 Å². The zero-order valence-corrected chi connectivity index (χ0v) is 33.8. The van der Waals surface area contributed by atoms with Gasteiger partial charge in [-0.1, -0.05) is 117 Å². The predicted octanol–water partition coefficient (Wildman–Crippen LogP) is 12.6. The SMILES string of the molecule is CCCCCCCCCCCCCCCCCc1ccc([I-]c2ccc(CCCCCCCCCCCCCCCCC)cc2)cc1. The molecule has 0 N–H and O–H groups in total. The molecule has 1 heteroatoms. The van der Waals surface area contributed by atoms with E-state index in [2.05, 4.69) is 62.4 Å². The van der Waals surface area contributed by atoms with Crippen LogP contribution in [0.5, 0.6) is 0 Å². The molecule has 0 nitrogen and oxygen atoms in total. The van der Waals surface area contributed by atoms with Gasteiger partial charge in [-0.25, -0.2) is 0 Å². The quantitative estimate of drug-likeness (QED) is 0.0493. The third-order valence-corrected chi connectivity index (χ3v) is 12.9. The van der Waals surface area contributed by atoms with E-state index in [0.29, 0.717) is 0 Å². The van der Waals surface area contributed by atoms with Gasteiger partial charge >= 0.3 is 191 Å². The number of rotatable bonds is 34. The number of benzene rings is 2. The number of aryl methyl sites for hydroxylation is 2. The molecule has 0 heterocycles. The minimum absolute atomic E-state index is 0.0672. The van der Waals surface area contributed by atoms with E-state index in [1.165, 1.54) is 217 Å². The van der Waals surface area contributed by atoms with Crippen LogP contribution >= 0.6 is 0 Å². The van der Waals surface area contributed by atoms with E-state index in [1.54, 1.807) is 7.14 Å². The summed E-state index contributed by atoms with van der Waals surface area (Å²) in [5.41, 5.74) is 3.07. The first-order valence-electron chi connectivity index (χ1n) is 21.1. The summed E-state index contributed by atoms with van der Waals surface area (Å²) in [7, 11) is 0. The van der Waals surface area contributed by atoms with Gasteiger partial charge in [0, 0.05) is 0 Å². The summed E-state index contributed by atoms with van der Waals surface area (Å²) in [6.07, 6.45) is 45.7. The van der Waals surface area contributed by atoms with Crippen LogP contribution in [0.4, 0.5) is 0 Å². The summed E-state index contributed by atoms with van der Waals surface area (Å²) in [6, 6.07) is 19.3. The Morgan fingerprint density at radius 1 is 0.277 bits per heavy atom. The van der Waals surface area contributed by atoms with E-state index in [-0.39, 0.29) is 21.2 Å². The van der Waals surface area contributed by atoms with Gasteiger partial charge in [-0.3, -0.25) is 0 Å². The summed E-state index contributed by atoms with van der Waals surface area (Å²) >= 11 is -0.0672. The van der Waals surface area contributed by atoms with Gasteiger partial charge in [0.15, 0.2) is 0 Å². The molecule has 2 aromatic rings. The summed E-state index contributed by atoms with van der Waals surface area (Å²) in [5, 5.41) is 0. The van der Waals surface area contributed by atoms with Crippen LogP contribution in [-0.4, -0.2) is 0 Å². The number of halogens is 1. The fourth-order valence-corrected chi connectivity index (χ4v) is 9.11. The number of hydrogen-bond acceptors (Lipinski definition) is 0. The fourth-order valence-electron chi connectivity index (χ4n) is 6.96. The van der Waals surface area contributed by atoms with Crippen LogP contribution in [-0.2, 0) is 12.8 Å². The zero-order chi connectivity index (χ0) is 33.3. The van der Waals surface area contributed by atoms with Crippen molar-refractivity contribution in [2.45, 2.75) is 219 Å². The summed E-state index contributed by atoms with van der Waals surface area (Å²) in [5.74, 6) is 0. The molecular formula is C46H78I-. The minimum atomic E-state index is -0.0672. The van der Waals surface area contributed by atoms with Gasteiger partial charge in [0.25, 0.3) is 0 Å². The van der Waals surface area contributed by atoms with E-state index in [9.17, 15) is 0 Å². The number of hydrogen-bond donors (Lipinski definition) is 0. The van der Waals surface area contributed by atoms with Crippen LogP contribution in [0, 0.1) is 7.14 Å². The molecule has 0 amide bonds. The molecule has 0 aliphatic rings. The van der Waals surface area contributed by atoms with Crippen molar-refractivity contribution in [3.63, 3.8) is 0 Å². The molecule has 0 aliphatic heterocycles. The van der Waals surface area contributed by atoms with Crippen LogP contribution in [0.2, 0.25) is 0 Å². The zero-order valence-electron chi connectivity index (χ0n) is 31.6. The van der Waals surface area contributed by atoms with Crippen molar-refractivity contribution in [2.24, 2.45) is 0 Å². The molecule has 0 aromatic heterocycles. The van der Waals surface area contributed by atoms with Crippen LogP contribution in [0.25, 0.3) is 0 Å². The number of unbranched alkanes of at least 4 members (excludes halogenated alkanes) is 28. The van der Waals surface area contributed by atoms with Crippen LogP contribution in [0.3, 0.4) is 0 Å². The summed E-state index contributed by atoms with van der Waals surface area (Å²) in [4.78, 5) is 0. The Morgan fingerprint density at radius 2 is 0.489 bits per heavy atom. The van der Waals surface area contributed by atoms with Gasteiger partial charge in [0.05, 0.1) is 0 Å². The first-order valence-corrected chi connectivity index (χ1v) is 23.3.